The van der Waals surface area contributed by atoms with Gasteiger partial charge in [-0.2, -0.15) is 0 Å². The van der Waals surface area contributed by atoms with E-state index in [2.05, 4.69) is 12.2 Å². The minimum atomic E-state index is 0.576. The predicted molar refractivity (Wildman–Crippen MR) is 89.3 cm³/mol. The maximum absolute atomic E-state index is 6.16. The Labute approximate surface area is 133 Å². The van der Waals surface area contributed by atoms with Gasteiger partial charge in [0.05, 0.1) is 12.3 Å². The first-order chi connectivity index (χ1) is 10.3. The lowest BCUT2D eigenvalue weighted by Crippen LogP contribution is -2.28. The highest BCUT2D eigenvalue weighted by Gasteiger charge is 2.34. The highest BCUT2D eigenvalue weighted by atomic mass is 35.5. The Balaban J connectivity index is 1.66. The summed E-state index contributed by atoms with van der Waals surface area (Å²) in [5.74, 6) is 2.90. The molecule has 2 aliphatic carbocycles. The number of benzene rings is 1. The van der Waals surface area contributed by atoms with Gasteiger partial charge in [0.1, 0.15) is 5.75 Å². The van der Waals surface area contributed by atoms with Crippen molar-refractivity contribution >= 4 is 17.3 Å². The number of rotatable bonds is 6. The average molecular weight is 308 g/mol. The van der Waals surface area contributed by atoms with Gasteiger partial charge in [-0.15, -0.1) is 0 Å². The average Bonchev–Trinajstić information content (AvgIpc) is 3.31. The molecule has 0 aromatic heterocycles. The first-order valence-electron chi connectivity index (χ1n) is 8.45. The van der Waals surface area contributed by atoms with Crippen LogP contribution < -0.4 is 10.1 Å². The highest BCUT2D eigenvalue weighted by Crippen LogP contribution is 2.44. The van der Waals surface area contributed by atoms with Gasteiger partial charge < -0.3 is 10.1 Å². The van der Waals surface area contributed by atoms with E-state index in [0.717, 1.165) is 41.3 Å². The molecule has 1 aromatic carbocycles. The SMILES string of the molecule is CCCOc1ccc(Cl)cc1NC1CCCC(C2CC2)C1. The predicted octanol–water partition coefficient (Wildman–Crippen LogP) is 5.51. The minimum Gasteiger partial charge on any atom is -0.491 e. The number of nitrogens with one attached hydrogen (secondary N) is 1. The van der Waals surface area contributed by atoms with E-state index >= 15 is 0 Å². The number of hydrogen-bond acceptors (Lipinski definition) is 2. The molecule has 2 aliphatic rings. The third-order valence-corrected chi connectivity index (χ3v) is 5.00. The molecule has 0 bridgehead atoms. The molecular formula is C18H26ClNO. The molecule has 0 spiro atoms. The van der Waals surface area contributed by atoms with Crippen LogP contribution >= 0.6 is 11.6 Å². The van der Waals surface area contributed by atoms with E-state index in [1.807, 2.05) is 18.2 Å². The molecule has 2 fully saturated rings. The standard InChI is InChI=1S/C18H26ClNO/c1-2-10-21-18-9-8-15(19)12-17(18)20-16-5-3-4-14(11-16)13-6-7-13/h8-9,12-14,16,20H,2-7,10-11H2,1H3. The molecule has 1 N–H and O–H groups in total. The van der Waals surface area contributed by atoms with Gasteiger partial charge in [-0.1, -0.05) is 31.4 Å². The lowest BCUT2D eigenvalue weighted by molar-refractivity contribution is 0.299. The van der Waals surface area contributed by atoms with E-state index in [-0.39, 0.29) is 0 Å². The molecule has 3 rings (SSSR count). The van der Waals surface area contributed by atoms with Crippen molar-refractivity contribution in [2.75, 3.05) is 11.9 Å². The monoisotopic (exact) mass is 307 g/mol. The van der Waals surface area contributed by atoms with Crippen molar-refractivity contribution < 1.29 is 4.74 Å². The molecule has 2 unspecified atom stereocenters. The van der Waals surface area contributed by atoms with E-state index in [1.54, 1.807) is 0 Å². The molecule has 2 saturated carbocycles. The quantitative estimate of drug-likeness (QED) is 0.748. The first kappa shape index (κ1) is 15.0. The fourth-order valence-electron chi connectivity index (χ4n) is 3.53. The Bertz CT molecular complexity index is 472. The van der Waals surface area contributed by atoms with Crippen molar-refractivity contribution in [1.82, 2.24) is 0 Å². The van der Waals surface area contributed by atoms with Crippen LogP contribution in [0.15, 0.2) is 18.2 Å². The lowest BCUT2D eigenvalue weighted by atomic mass is 9.82. The summed E-state index contributed by atoms with van der Waals surface area (Å²) < 4.78 is 5.85. The van der Waals surface area contributed by atoms with E-state index in [4.69, 9.17) is 16.3 Å². The van der Waals surface area contributed by atoms with Crippen LogP contribution in [-0.4, -0.2) is 12.6 Å². The number of hydrogen-bond donors (Lipinski definition) is 1. The molecule has 0 aliphatic heterocycles. The summed E-state index contributed by atoms with van der Waals surface area (Å²) >= 11 is 6.16. The molecule has 1 aromatic rings. The second kappa shape index (κ2) is 6.91. The molecule has 2 nitrogen and oxygen atoms in total. The second-order valence-corrected chi connectivity index (χ2v) is 7.03. The zero-order chi connectivity index (χ0) is 14.7. The summed E-state index contributed by atoms with van der Waals surface area (Å²) in [4.78, 5) is 0. The molecule has 3 heteroatoms. The van der Waals surface area contributed by atoms with Crippen molar-refractivity contribution in [2.45, 2.75) is 57.9 Å². The second-order valence-electron chi connectivity index (χ2n) is 6.59. The Morgan fingerprint density at radius 2 is 2.05 bits per heavy atom. The molecule has 0 saturated heterocycles. The van der Waals surface area contributed by atoms with Gasteiger partial charge in [0.2, 0.25) is 0 Å². The van der Waals surface area contributed by atoms with Gasteiger partial charge in [0.15, 0.2) is 0 Å². The Hall–Kier alpha value is -0.890. The Morgan fingerprint density at radius 1 is 1.19 bits per heavy atom. The third-order valence-electron chi connectivity index (χ3n) is 4.77. The van der Waals surface area contributed by atoms with Crippen LogP contribution in [0.1, 0.15) is 51.9 Å². The third kappa shape index (κ3) is 4.06. The van der Waals surface area contributed by atoms with Gasteiger partial charge in [0.25, 0.3) is 0 Å². The topological polar surface area (TPSA) is 21.3 Å². The van der Waals surface area contributed by atoms with Crippen LogP contribution in [0.2, 0.25) is 5.02 Å². The van der Waals surface area contributed by atoms with Gasteiger partial charge in [-0.3, -0.25) is 0 Å². The van der Waals surface area contributed by atoms with Gasteiger partial charge in [-0.25, -0.2) is 0 Å². The van der Waals surface area contributed by atoms with Crippen molar-refractivity contribution in [3.63, 3.8) is 0 Å². The summed E-state index contributed by atoms with van der Waals surface area (Å²) in [6.45, 7) is 2.88. The summed E-state index contributed by atoms with van der Waals surface area (Å²) in [5, 5.41) is 4.48. The summed E-state index contributed by atoms with van der Waals surface area (Å²) in [6.07, 6.45) is 9.30. The van der Waals surface area contributed by atoms with E-state index < -0.39 is 0 Å². The van der Waals surface area contributed by atoms with E-state index in [9.17, 15) is 0 Å². The van der Waals surface area contributed by atoms with E-state index in [1.165, 1.54) is 38.5 Å². The summed E-state index contributed by atoms with van der Waals surface area (Å²) in [5.41, 5.74) is 1.07. The fourth-order valence-corrected chi connectivity index (χ4v) is 3.70. The molecule has 2 atom stereocenters. The van der Waals surface area contributed by atoms with Crippen molar-refractivity contribution in [3.8, 4) is 5.75 Å². The number of ether oxygens (including phenoxy) is 1. The van der Waals surface area contributed by atoms with Crippen molar-refractivity contribution in [3.05, 3.63) is 23.2 Å². The number of anilines is 1. The van der Waals surface area contributed by atoms with Crippen LogP contribution in [0.3, 0.4) is 0 Å². The zero-order valence-electron chi connectivity index (χ0n) is 12.9. The Morgan fingerprint density at radius 3 is 2.81 bits per heavy atom. The first-order valence-corrected chi connectivity index (χ1v) is 8.83. The molecule has 0 amide bonds. The normalized spacial score (nSPS) is 25.6. The molecule has 116 valence electrons. The van der Waals surface area contributed by atoms with E-state index in [0.29, 0.717) is 6.04 Å². The Kier molecular flexibility index (Phi) is 4.95. The van der Waals surface area contributed by atoms with Gasteiger partial charge in [-0.05, 0) is 62.1 Å². The van der Waals surface area contributed by atoms with Crippen LogP contribution in [0, 0.1) is 11.8 Å². The van der Waals surface area contributed by atoms with Crippen LogP contribution in [0.5, 0.6) is 5.75 Å². The minimum absolute atomic E-state index is 0.576. The fraction of sp³-hybridized carbons (Fsp3) is 0.667. The van der Waals surface area contributed by atoms with Crippen molar-refractivity contribution in [1.29, 1.82) is 0 Å². The smallest absolute Gasteiger partial charge is 0.142 e. The largest absolute Gasteiger partial charge is 0.491 e. The van der Waals surface area contributed by atoms with Crippen molar-refractivity contribution in [2.24, 2.45) is 11.8 Å². The molecule has 21 heavy (non-hydrogen) atoms. The maximum Gasteiger partial charge on any atom is 0.142 e. The molecule has 0 radical (unpaired) electrons. The number of halogens is 1. The lowest BCUT2D eigenvalue weighted by Gasteiger charge is -2.31. The van der Waals surface area contributed by atoms with Crippen LogP contribution in [0.25, 0.3) is 0 Å². The summed E-state index contributed by atoms with van der Waals surface area (Å²) in [6, 6.07) is 6.48. The summed E-state index contributed by atoms with van der Waals surface area (Å²) in [7, 11) is 0. The van der Waals surface area contributed by atoms with Crippen LogP contribution in [0.4, 0.5) is 5.69 Å². The van der Waals surface area contributed by atoms with Gasteiger partial charge in [0, 0.05) is 11.1 Å². The van der Waals surface area contributed by atoms with Crippen LogP contribution in [-0.2, 0) is 0 Å². The maximum atomic E-state index is 6.16. The molecule has 0 heterocycles. The zero-order valence-corrected chi connectivity index (χ0v) is 13.7. The highest BCUT2D eigenvalue weighted by molar-refractivity contribution is 6.30. The van der Waals surface area contributed by atoms with Gasteiger partial charge >= 0.3 is 0 Å². The molecular weight excluding hydrogens is 282 g/mol.